The van der Waals surface area contributed by atoms with E-state index in [2.05, 4.69) is 10.6 Å². The fourth-order valence-corrected chi connectivity index (χ4v) is 1.96. The van der Waals surface area contributed by atoms with Gasteiger partial charge >= 0.3 is 0 Å². The van der Waals surface area contributed by atoms with E-state index in [-0.39, 0.29) is 17.7 Å². The molecule has 0 bridgehead atoms. The summed E-state index contributed by atoms with van der Waals surface area (Å²) < 4.78 is 0. The van der Waals surface area contributed by atoms with Crippen LogP contribution in [-0.4, -0.2) is 24.6 Å². The highest BCUT2D eigenvalue weighted by Crippen LogP contribution is 2.26. The monoisotopic (exact) mass is 264 g/mol. The molecule has 1 atom stereocenters. The molecule has 1 unspecified atom stereocenters. The molecule has 3 N–H and O–H groups in total. The van der Waals surface area contributed by atoms with Crippen molar-refractivity contribution >= 4 is 5.91 Å². The lowest BCUT2D eigenvalue weighted by Gasteiger charge is -2.26. The molecule has 0 saturated carbocycles. The zero-order valence-electron chi connectivity index (χ0n) is 12.4. The number of nitrogens with one attached hydrogen (secondary N) is 2. The third-order valence-electron chi connectivity index (χ3n) is 3.34. The fraction of sp³-hybridized carbons (Fsp3) is 0.533. The number of amides is 1. The molecular weight excluding hydrogens is 240 g/mol. The second kappa shape index (κ2) is 6.06. The van der Waals surface area contributed by atoms with E-state index >= 15 is 0 Å². The Balaban J connectivity index is 2.73. The molecule has 0 aromatic heterocycles. The Bertz CT molecular complexity index is 455. The average molecular weight is 264 g/mol. The van der Waals surface area contributed by atoms with Gasteiger partial charge in [0.05, 0.1) is 5.41 Å². The summed E-state index contributed by atoms with van der Waals surface area (Å²) in [5.74, 6) is 0.281. The molecule has 4 heteroatoms. The minimum atomic E-state index is -0.484. The second-order valence-electron chi connectivity index (χ2n) is 5.63. The van der Waals surface area contributed by atoms with Crippen molar-refractivity contribution in [2.45, 2.75) is 33.7 Å². The van der Waals surface area contributed by atoms with E-state index < -0.39 is 5.41 Å². The number of aryl methyl sites for hydroxylation is 1. The van der Waals surface area contributed by atoms with Gasteiger partial charge in [0.15, 0.2) is 0 Å². The number of aromatic hydroxyl groups is 1. The Kier molecular flexibility index (Phi) is 4.95. The minimum Gasteiger partial charge on any atom is -0.508 e. The van der Waals surface area contributed by atoms with E-state index in [1.165, 1.54) is 0 Å². The number of hydrogen-bond donors (Lipinski definition) is 3. The Morgan fingerprint density at radius 1 is 1.42 bits per heavy atom. The van der Waals surface area contributed by atoms with Crippen molar-refractivity contribution in [2.24, 2.45) is 5.41 Å². The van der Waals surface area contributed by atoms with Gasteiger partial charge in [0.2, 0.25) is 5.91 Å². The third-order valence-corrected chi connectivity index (χ3v) is 3.34. The molecule has 1 amide bonds. The first kappa shape index (κ1) is 15.5. The highest BCUT2D eigenvalue weighted by molar-refractivity contribution is 5.81. The summed E-state index contributed by atoms with van der Waals surface area (Å²) in [6.07, 6.45) is 0. The molecule has 0 spiro atoms. The van der Waals surface area contributed by atoms with Crippen LogP contribution in [0.3, 0.4) is 0 Å². The number of rotatable bonds is 5. The highest BCUT2D eigenvalue weighted by atomic mass is 16.3. The summed E-state index contributed by atoms with van der Waals surface area (Å²) in [5.41, 5.74) is 1.47. The molecule has 4 nitrogen and oxygen atoms in total. The fourth-order valence-electron chi connectivity index (χ4n) is 1.96. The first-order valence-electron chi connectivity index (χ1n) is 6.53. The number of benzene rings is 1. The van der Waals surface area contributed by atoms with E-state index in [1.807, 2.05) is 39.8 Å². The molecule has 0 aliphatic heterocycles. The van der Waals surface area contributed by atoms with Crippen molar-refractivity contribution in [3.63, 3.8) is 0 Å². The van der Waals surface area contributed by atoms with E-state index in [9.17, 15) is 9.90 Å². The summed E-state index contributed by atoms with van der Waals surface area (Å²) in [6.45, 7) is 8.29. The third kappa shape index (κ3) is 3.96. The van der Waals surface area contributed by atoms with Crippen LogP contribution in [0.5, 0.6) is 5.75 Å². The van der Waals surface area contributed by atoms with Gasteiger partial charge in [-0.3, -0.25) is 4.79 Å². The Morgan fingerprint density at radius 3 is 2.63 bits per heavy atom. The molecule has 19 heavy (non-hydrogen) atoms. The van der Waals surface area contributed by atoms with Crippen LogP contribution in [0, 0.1) is 12.3 Å². The molecular formula is C15H24N2O2. The first-order valence-corrected chi connectivity index (χ1v) is 6.53. The smallest absolute Gasteiger partial charge is 0.226 e. The van der Waals surface area contributed by atoms with Crippen LogP contribution >= 0.6 is 0 Å². The second-order valence-corrected chi connectivity index (χ2v) is 5.63. The maximum atomic E-state index is 11.7. The summed E-state index contributed by atoms with van der Waals surface area (Å²) in [4.78, 5) is 11.7. The molecule has 0 aliphatic rings. The van der Waals surface area contributed by atoms with Gasteiger partial charge in [-0.2, -0.15) is 0 Å². The SMILES string of the molecule is CNC(=O)C(C)(C)CNC(C)c1cc(C)ccc1O. The minimum absolute atomic E-state index is 0.000615. The largest absolute Gasteiger partial charge is 0.508 e. The van der Waals surface area contributed by atoms with Crippen LogP contribution in [0.1, 0.15) is 37.9 Å². The van der Waals surface area contributed by atoms with Crippen LogP contribution in [0.4, 0.5) is 0 Å². The summed E-state index contributed by atoms with van der Waals surface area (Å²) in [5, 5.41) is 15.8. The van der Waals surface area contributed by atoms with Gasteiger partial charge in [-0.15, -0.1) is 0 Å². The number of phenols is 1. The Hall–Kier alpha value is -1.55. The molecule has 1 aromatic carbocycles. The van der Waals surface area contributed by atoms with Crippen LogP contribution in [0.2, 0.25) is 0 Å². The van der Waals surface area contributed by atoms with Crippen LogP contribution in [0.25, 0.3) is 0 Å². The van der Waals surface area contributed by atoms with Gasteiger partial charge in [0.25, 0.3) is 0 Å². The van der Waals surface area contributed by atoms with Crippen molar-refractivity contribution in [3.05, 3.63) is 29.3 Å². The standard InChI is InChI=1S/C15H24N2O2/c1-10-6-7-13(18)12(8-10)11(2)17-9-15(3,4)14(19)16-5/h6-8,11,17-18H,9H2,1-5H3,(H,16,19). The van der Waals surface area contributed by atoms with E-state index in [0.717, 1.165) is 11.1 Å². The topological polar surface area (TPSA) is 61.4 Å². The lowest BCUT2D eigenvalue weighted by molar-refractivity contribution is -0.128. The predicted octanol–water partition coefficient (Wildman–Crippen LogP) is 2.12. The average Bonchev–Trinajstić information content (AvgIpc) is 2.37. The first-order chi connectivity index (χ1) is 8.77. The molecule has 0 fully saturated rings. The highest BCUT2D eigenvalue weighted by Gasteiger charge is 2.27. The molecule has 0 aliphatic carbocycles. The van der Waals surface area contributed by atoms with Crippen LogP contribution < -0.4 is 10.6 Å². The van der Waals surface area contributed by atoms with Gasteiger partial charge in [-0.25, -0.2) is 0 Å². The van der Waals surface area contributed by atoms with Gasteiger partial charge in [-0.05, 0) is 33.8 Å². The van der Waals surface area contributed by atoms with E-state index in [4.69, 9.17) is 0 Å². The normalized spacial score (nSPS) is 13.1. The Morgan fingerprint density at radius 2 is 2.05 bits per heavy atom. The van der Waals surface area contributed by atoms with Crippen LogP contribution in [0.15, 0.2) is 18.2 Å². The zero-order chi connectivity index (χ0) is 14.6. The molecule has 106 valence electrons. The van der Waals surface area contributed by atoms with Crippen molar-refractivity contribution in [3.8, 4) is 5.75 Å². The molecule has 0 heterocycles. The number of carbonyl (C=O) groups excluding carboxylic acids is 1. The molecule has 0 radical (unpaired) electrons. The maximum Gasteiger partial charge on any atom is 0.226 e. The van der Waals surface area contributed by atoms with E-state index in [1.54, 1.807) is 13.1 Å². The van der Waals surface area contributed by atoms with E-state index in [0.29, 0.717) is 6.54 Å². The quantitative estimate of drug-likeness (QED) is 0.763. The number of hydrogen-bond acceptors (Lipinski definition) is 3. The summed E-state index contributed by atoms with van der Waals surface area (Å²) in [7, 11) is 1.64. The van der Waals surface area contributed by atoms with Gasteiger partial charge < -0.3 is 15.7 Å². The zero-order valence-corrected chi connectivity index (χ0v) is 12.4. The molecule has 1 rings (SSSR count). The molecule has 1 aromatic rings. The van der Waals surface area contributed by atoms with Crippen molar-refractivity contribution in [1.82, 2.24) is 10.6 Å². The van der Waals surface area contributed by atoms with Crippen molar-refractivity contribution < 1.29 is 9.90 Å². The lowest BCUT2D eigenvalue weighted by Crippen LogP contribution is -2.42. The predicted molar refractivity (Wildman–Crippen MR) is 77.1 cm³/mol. The Labute approximate surface area is 115 Å². The lowest BCUT2D eigenvalue weighted by atomic mass is 9.91. The molecule has 0 saturated heterocycles. The summed E-state index contributed by atoms with van der Waals surface area (Å²) >= 11 is 0. The maximum absolute atomic E-state index is 11.7. The van der Waals surface area contributed by atoms with Crippen molar-refractivity contribution in [2.75, 3.05) is 13.6 Å². The summed E-state index contributed by atoms with van der Waals surface area (Å²) in [6, 6.07) is 5.52. The number of phenolic OH excluding ortho intramolecular Hbond substituents is 1. The van der Waals surface area contributed by atoms with Crippen molar-refractivity contribution in [1.29, 1.82) is 0 Å². The number of carbonyl (C=O) groups is 1. The van der Waals surface area contributed by atoms with Gasteiger partial charge in [0.1, 0.15) is 5.75 Å². The van der Waals surface area contributed by atoms with Gasteiger partial charge in [0, 0.05) is 25.2 Å². The van der Waals surface area contributed by atoms with Crippen LogP contribution in [-0.2, 0) is 4.79 Å². The van der Waals surface area contributed by atoms with Gasteiger partial charge in [-0.1, -0.05) is 17.7 Å².